The van der Waals surface area contributed by atoms with Crippen molar-refractivity contribution in [3.63, 3.8) is 0 Å². The van der Waals surface area contributed by atoms with Crippen LogP contribution in [0.5, 0.6) is 0 Å². The summed E-state index contributed by atoms with van der Waals surface area (Å²) in [7, 11) is 0. The molecule has 0 aromatic carbocycles. The molecule has 0 radical (unpaired) electrons. The molecule has 2 heterocycles. The first-order valence-electron chi connectivity index (χ1n) is 7.49. The summed E-state index contributed by atoms with van der Waals surface area (Å²) in [6.07, 6.45) is 2.34. The highest BCUT2D eigenvalue weighted by Gasteiger charge is 2.33. The van der Waals surface area contributed by atoms with Crippen molar-refractivity contribution in [1.29, 1.82) is 0 Å². The monoisotopic (exact) mass is 315 g/mol. The minimum atomic E-state index is 0.376. The third-order valence-corrected chi connectivity index (χ3v) is 6.13. The van der Waals surface area contributed by atoms with Gasteiger partial charge in [0.05, 0.1) is 11.7 Å². The van der Waals surface area contributed by atoms with E-state index in [2.05, 4.69) is 36.2 Å². The Kier molecular flexibility index (Phi) is 6.71. The Morgan fingerprint density at radius 1 is 1.45 bits per heavy atom. The molecule has 1 N–H and O–H groups in total. The maximum absolute atomic E-state index is 5.50. The lowest BCUT2D eigenvalue weighted by Gasteiger charge is -2.16. The molecule has 3 unspecified atom stereocenters. The predicted molar refractivity (Wildman–Crippen MR) is 87.5 cm³/mol. The zero-order chi connectivity index (χ0) is 14.4. The van der Waals surface area contributed by atoms with Gasteiger partial charge in [0, 0.05) is 22.8 Å². The normalized spacial score (nSPS) is 24.1. The third kappa shape index (κ3) is 4.40. The maximum atomic E-state index is 5.50. The third-order valence-electron chi connectivity index (χ3n) is 3.61. The van der Waals surface area contributed by atoms with E-state index >= 15 is 0 Å². The first-order chi connectivity index (χ1) is 9.74. The van der Waals surface area contributed by atoms with Crippen LogP contribution < -0.4 is 5.32 Å². The SMILES string of the molecule is CCCNC1CSCC1c1nc(CSC(C)CC)no1. The van der Waals surface area contributed by atoms with E-state index in [4.69, 9.17) is 4.52 Å². The Balaban J connectivity index is 1.90. The van der Waals surface area contributed by atoms with E-state index in [0.29, 0.717) is 17.2 Å². The molecule has 1 aliphatic heterocycles. The average molecular weight is 316 g/mol. The van der Waals surface area contributed by atoms with Crippen molar-refractivity contribution in [2.45, 2.75) is 56.6 Å². The Labute approximate surface area is 130 Å². The molecule has 0 saturated carbocycles. The van der Waals surface area contributed by atoms with Gasteiger partial charge >= 0.3 is 0 Å². The number of aromatic nitrogens is 2. The molecule has 1 aromatic heterocycles. The molecular weight excluding hydrogens is 290 g/mol. The molecule has 0 amide bonds. The lowest BCUT2D eigenvalue weighted by atomic mass is 10.0. The molecular formula is C14H25N3OS2. The summed E-state index contributed by atoms with van der Waals surface area (Å²) in [5.74, 6) is 5.12. The van der Waals surface area contributed by atoms with Crippen LogP contribution in [-0.4, -0.2) is 39.5 Å². The number of rotatable bonds is 8. The van der Waals surface area contributed by atoms with Crippen molar-refractivity contribution in [3.8, 4) is 0 Å². The average Bonchev–Trinajstić information content (AvgIpc) is 3.10. The number of thioether (sulfide) groups is 2. The van der Waals surface area contributed by atoms with Gasteiger partial charge in [-0.3, -0.25) is 0 Å². The molecule has 1 fully saturated rings. The molecule has 0 aliphatic carbocycles. The van der Waals surface area contributed by atoms with Gasteiger partial charge in [0.2, 0.25) is 5.89 Å². The fourth-order valence-electron chi connectivity index (χ4n) is 2.14. The van der Waals surface area contributed by atoms with Crippen molar-refractivity contribution in [2.75, 3.05) is 18.1 Å². The molecule has 1 aliphatic rings. The van der Waals surface area contributed by atoms with Gasteiger partial charge in [-0.1, -0.05) is 25.9 Å². The fraction of sp³-hybridized carbons (Fsp3) is 0.857. The number of nitrogens with one attached hydrogen (secondary N) is 1. The van der Waals surface area contributed by atoms with Gasteiger partial charge in [-0.25, -0.2) is 0 Å². The quantitative estimate of drug-likeness (QED) is 0.794. The van der Waals surface area contributed by atoms with Crippen LogP contribution in [-0.2, 0) is 5.75 Å². The molecule has 20 heavy (non-hydrogen) atoms. The molecule has 1 saturated heterocycles. The van der Waals surface area contributed by atoms with Crippen molar-refractivity contribution in [1.82, 2.24) is 15.5 Å². The first kappa shape index (κ1) is 16.2. The summed E-state index contributed by atoms with van der Waals surface area (Å²) in [5.41, 5.74) is 0. The Hall–Kier alpha value is -0.200. The van der Waals surface area contributed by atoms with Gasteiger partial charge in [-0.2, -0.15) is 28.5 Å². The van der Waals surface area contributed by atoms with Crippen molar-refractivity contribution >= 4 is 23.5 Å². The van der Waals surface area contributed by atoms with Crippen LogP contribution in [0.3, 0.4) is 0 Å². The van der Waals surface area contributed by atoms with E-state index in [-0.39, 0.29) is 0 Å². The maximum Gasteiger partial charge on any atom is 0.232 e. The highest BCUT2D eigenvalue weighted by molar-refractivity contribution is 7.99. The summed E-state index contributed by atoms with van der Waals surface area (Å²) in [6.45, 7) is 7.71. The van der Waals surface area contributed by atoms with Crippen LogP contribution in [0.25, 0.3) is 0 Å². The largest absolute Gasteiger partial charge is 0.339 e. The van der Waals surface area contributed by atoms with Crippen molar-refractivity contribution < 1.29 is 4.52 Å². The second-order valence-electron chi connectivity index (χ2n) is 5.28. The Morgan fingerprint density at radius 3 is 3.05 bits per heavy atom. The second-order valence-corrected chi connectivity index (χ2v) is 7.78. The first-order valence-corrected chi connectivity index (χ1v) is 9.70. The fourth-order valence-corrected chi connectivity index (χ4v) is 4.30. The molecule has 4 nitrogen and oxygen atoms in total. The molecule has 1 aromatic rings. The number of hydrogen-bond donors (Lipinski definition) is 1. The van der Waals surface area contributed by atoms with Crippen LogP contribution in [0.1, 0.15) is 51.2 Å². The van der Waals surface area contributed by atoms with Crippen molar-refractivity contribution in [2.24, 2.45) is 0 Å². The van der Waals surface area contributed by atoms with E-state index in [1.165, 1.54) is 6.42 Å². The minimum absolute atomic E-state index is 0.376. The topological polar surface area (TPSA) is 51.0 Å². The highest BCUT2D eigenvalue weighted by atomic mass is 32.2. The van der Waals surface area contributed by atoms with Gasteiger partial charge in [0.1, 0.15) is 0 Å². The standard InChI is InChI=1S/C14H25N3OS2/c1-4-6-15-12-8-19-7-11(12)14-16-13(17-18-14)9-20-10(3)5-2/h10-12,15H,4-9H2,1-3H3. The number of nitrogens with zero attached hydrogens (tertiary/aromatic N) is 2. The highest BCUT2D eigenvalue weighted by Crippen LogP contribution is 2.32. The van der Waals surface area contributed by atoms with Crippen LogP contribution in [0.2, 0.25) is 0 Å². The number of hydrogen-bond acceptors (Lipinski definition) is 6. The second kappa shape index (κ2) is 8.29. The van der Waals surface area contributed by atoms with Gasteiger partial charge < -0.3 is 9.84 Å². The van der Waals surface area contributed by atoms with Crippen molar-refractivity contribution in [3.05, 3.63) is 11.7 Å². The van der Waals surface area contributed by atoms with Crippen LogP contribution >= 0.6 is 23.5 Å². The van der Waals surface area contributed by atoms with Gasteiger partial charge in [0.25, 0.3) is 0 Å². The molecule has 6 heteroatoms. The lowest BCUT2D eigenvalue weighted by molar-refractivity contribution is 0.337. The van der Waals surface area contributed by atoms with Gasteiger partial charge in [0.15, 0.2) is 5.82 Å². The summed E-state index contributed by atoms with van der Waals surface area (Å²) in [4.78, 5) is 4.60. The van der Waals surface area contributed by atoms with E-state index in [1.54, 1.807) is 0 Å². The van der Waals surface area contributed by atoms with E-state index in [9.17, 15) is 0 Å². The van der Waals surface area contributed by atoms with E-state index < -0.39 is 0 Å². The Bertz CT molecular complexity index is 400. The molecule has 3 atom stereocenters. The zero-order valence-corrected chi connectivity index (χ0v) is 14.2. The smallest absolute Gasteiger partial charge is 0.232 e. The van der Waals surface area contributed by atoms with Gasteiger partial charge in [-0.15, -0.1) is 0 Å². The summed E-state index contributed by atoms with van der Waals surface area (Å²) in [5, 5.41) is 8.38. The van der Waals surface area contributed by atoms with Crippen LogP contribution in [0, 0.1) is 0 Å². The molecule has 114 valence electrons. The van der Waals surface area contributed by atoms with Crippen LogP contribution in [0.4, 0.5) is 0 Å². The molecule has 2 rings (SSSR count). The van der Waals surface area contributed by atoms with Gasteiger partial charge in [-0.05, 0) is 19.4 Å². The molecule has 0 bridgehead atoms. The summed E-state index contributed by atoms with van der Waals surface area (Å²) < 4.78 is 5.50. The summed E-state index contributed by atoms with van der Waals surface area (Å²) >= 11 is 3.87. The summed E-state index contributed by atoms with van der Waals surface area (Å²) in [6, 6.07) is 0.482. The Morgan fingerprint density at radius 2 is 2.30 bits per heavy atom. The zero-order valence-electron chi connectivity index (χ0n) is 12.6. The van der Waals surface area contributed by atoms with E-state index in [0.717, 1.165) is 41.9 Å². The predicted octanol–water partition coefficient (Wildman–Crippen LogP) is 3.30. The minimum Gasteiger partial charge on any atom is -0.339 e. The molecule has 0 spiro atoms. The van der Waals surface area contributed by atoms with E-state index in [1.807, 2.05) is 23.5 Å². The lowest BCUT2D eigenvalue weighted by Crippen LogP contribution is -2.34. The van der Waals surface area contributed by atoms with Crippen LogP contribution in [0.15, 0.2) is 4.52 Å².